The minimum Gasteiger partial charge on any atom is -0.391 e. The number of guanidine groups is 1. The van der Waals surface area contributed by atoms with Gasteiger partial charge in [-0.2, -0.15) is 11.8 Å². The van der Waals surface area contributed by atoms with Gasteiger partial charge in [0.1, 0.15) is 0 Å². The third-order valence-electron chi connectivity index (χ3n) is 4.18. The first-order chi connectivity index (χ1) is 11.2. The Morgan fingerprint density at radius 2 is 2.08 bits per heavy atom. The highest BCUT2D eigenvalue weighted by molar-refractivity contribution is 14.0. The van der Waals surface area contributed by atoms with Gasteiger partial charge in [-0.15, -0.1) is 24.0 Å². The van der Waals surface area contributed by atoms with Crippen LogP contribution in [0, 0.1) is 0 Å². The molecule has 1 fully saturated rings. The molecule has 0 bridgehead atoms. The fourth-order valence-electron chi connectivity index (χ4n) is 2.95. The number of aliphatic hydroxyl groups is 1. The van der Waals surface area contributed by atoms with Gasteiger partial charge >= 0.3 is 0 Å². The van der Waals surface area contributed by atoms with Crippen molar-refractivity contribution < 1.29 is 5.11 Å². The molecule has 0 amide bonds. The summed E-state index contributed by atoms with van der Waals surface area (Å²) >= 11 is 1.96. The molecule has 2 rings (SSSR count). The summed E-state index contributed by atoms with van der Waals surface area (Å²) in [5, 5.41) is 17.8. The van der Waals surface area contributed by atoms with Crippen LogP contribution in [0.4, 0.5) is 0 Å². The van der Waals surface area contributed by atoms with Gasteiger partial charge in [-0.1, -0.05) is 30.3 Å². The number of halogens is 1. The molecule has 1 saturated carbocycles. The SMILES string of the molecule is CCNC(=NCC(O)Cc1ccccc1)NC1CCC(SC)C1.I. The van der Waals surface area contributed by atoms with Gasteiger partial charge in [0.15, 0.2) is 5.96 Å². The van der Waals surface area contributed by atoms with Crippen molar-refractivity contribution >= 4 is 41.7 Å². The second kappa shape index (κ2) is 12.0. The molecular weight excluding hydrogens is 433 g/mol. The lowest BCUT2D eigenvalue weighted by Gasteiger charge is -2.18. The lowest BCUT2D eigenvalue weighted by atomic mass is 10.1. The maximum absolute atomic E-state index is 10.2. The van der Waals surface area contributed by atoms with E-state index >= 15 is 0 Å². The molecule has 0 aromatic heterocycles. The smallest absolute Gasteiger partial charge is 0.191 e. The molecule has 6 heteroatoms. The Hall–Kier alpha value is -0.470. The quantitative estimate of drug-likeness (QED) is 0.331. The van der Waals surface area contributed by atoms with E-state index in [1.165, 1.54) is 19.3 Å². The molecule has 1 aliphatic rings. The molecule has 1 aromatic carbocycles. The highest BCUT2D eigenvalue weighted by atomic mass is 127. The van der Waals surface area contributed by atoms with Crippen LogP contribution in [0.15, 0.2) is 35.3 Å². The number of rotatable bonds is 7. The number of aliphatic imine (C=N–C) groups is 1. The van der Waals surface area contributed by atoms with Gasteiger partial charge < -0.3 is 15.7 Å². The summed E-state index contributed by atoms with van der Waals surface area (Å²) in [7, 11) is 0. The van der Waals surface area contributed by atoms with Crippen molar-refractivity contribution in [1.82, 2.24) is 10.6 Å². The maximum atomic E-state index is 10.2. The van der Waals surface area contributed by atoms with Crippen LogP contribution in [0.1, 0.15) is 31.7 Å². The molecule has 136 valence electrons. The van der Waals surface area contributed by atoms with E-state index in [1.54, 1.807) is 0 Å². The Morgan fingerprint density at radius 1 is 1.33 bits per heavy atom. The largest absolute Gasteiger partial charge is 0.391 e. The number of aliphatic hydroxyl groups excluding tert-OH is 1. The van der Waals surface area contributed by atoms with Crippen molar-refractivity contribution in [3.8, 4) is 0 Å². The lowest BCUT2D eigenvalue weighted by Crippen LogP contribution is -2.43. The summed E-state index contributed by atoms with van der Waals surface area (Å²) in [5.74, 6) is 0.825. The fourth-order valence-corrected chi connectivity index (χ4v) is 3.74. The Labute approximate surface area is 167 Å². The number of hydrogen-bond donors (Lipinski definition) is 3. The van der Waals surface area contributed by atoms with Gasteiger partial charge in [-0.3, -0.25) is 4.99 Å². The Bertz CT molecular complexity index is 486. The highest BCUT2D eigenvalue weighted by Gasteiger charge is 2.24. The van der Waals surface area contributed by atoms with Crippen LogP contribution < -0.4 is 10.6 Å². The number of nitrogens with zero attached hydrogens (tertiary/aromatic N) is 1. The highest BCUT2D eigenvalue weighted by Crippen LogP contribution is 2.27. The molecule has 3 atom stereocenters. The van der Waals surface area contributed by atoms with E-state index in [1.807, 2.05) is 42.1 Å². The van der Waals surface area contributed by atoms with E-state index in [4.69, 9.17) is 0 Å². The lowest BCUT2D eigenvalue weighted by molar-refractivity contribution is 0.183. The van der Waals surface area contributed by atoms with Crippen LogP contribution in [0.5, 0.6) is 0 Å². The van der Waals surface area contributed by atoms with Crippen molar-refractivity contribution in [2.45, 2.75) is 50.0 Å². The normalized spacial score (nSPS) is 21.9. The molecule has 3 unspecified atom stereocenters. The third kappa shape index (κ3) is 7.61. The second-order valence-electron chi connectivity index (χ2n) is 6.08. The van der Waals surface area contributed by atoms with Crippen LogP contribution in [0.2, 0.25) is 0 Å². The Morgan fingerprint density at radius 3 is 2.71 bits per heavy atom. The van der Waals surface area contributed by atoms with Gasteiger partial charge in [0.2, 0.25) is 0 Å². The number of benzene rings is 1. The van der Waals surface area contributed by atoms with Gasteiger partial charge in [0.05, 0.1) is 12.6 Å². The predicted octanol–water partition coefficient (Wildman–Crippen LogP) is 3.05. The van der Waals surface area contributed by atoms with Gasteiger partial charge in [-0.05, 0) is 38.0 Å². The molecule has 0 radical (unpaired) electrons. The zero-order valence-electron chi connectivity index (χ0n) is 14.6. The Kier molecular flexibility index (Phi) is 10.8. The van der Waals surface area contributed by atoms with Crippen LogP contribution in [-0.4, -0.2) is 47.8 Å². The van der Waals surface area contributed by atoms with E-state index in [0.717, 1.165) is 23.3 Å². The molecule has 1 aliphatic carbocycles. The van der Waals surface area contributed by atoms with Crippen molar-refractivity contribution in [1.29, 1.82) is 0 Å². The van der Waals surface area contributed by atoms with Gasteiger partial charge in [-0.25, -0.2) is 0 Å². The first kappa shape index (κ1) is 21.6. The monoisotopic (exact) mass is 463 g/mol. The van der Waals surface area contributed by atoms with Crippen LogP contribution in [-0.2, 0) is 6.42 Å². The van der Waals surface area contributed by atoms with Crippen molar-refractivity contribution in [2.24, 2.45) is 4.99 Å². The summed E-state index contributed by atoms with van der Waals surface area (Å²) in [5.41, 5.74) is 1.15. The predicted molar refractivity (Wildman–Crippen MR) is 116 cm³/mol. The van der Waals surface area contributed by atoms with E-state index in [9.17, 15) is 5.11 Å². The standard InChI is InChI=1S/C18H29N3OS.HI/c1-3-19-18(21-15-9-10-17(12-15)23-2)20-13-16(22)11-14-7-5-4-6-8-14;/h4-8,15-17,22H,3,9-13H2,1-2H3,(H2,19,20,21);1H. The van der Waals surface area contributed by atoms with Crippen molar-refractivity contribution in [3.63, 3.8) is 0 Å². The van der Waals surface area contributed by atoms with E-state index < -0.39 is 6.10 Å². The van der Waals surface area contributed by atoms with Crippen molar-refractivity contribution in [3.05, 3.63) is 35.9 Å². The second-order valence-corrected chi connectivity index (χ2v) is 7.21. The molecule has 24 heavy (non-hydrogen) atoms. The molecule has 0 spiro atoms. The van der Waals surface area contributed by atoms with E-state index in [-0.39, 0.29) is 24.0 Å². The molecule has 0 saturated heterocycles. The van der Waals surface area contributed by atoms with Crippen LogP contribution >= 0.6 is 35.7 Å². The molecule has 4 nitrogen and oxygen atoms in total. The van der Waals surface area contributed by atoms with E-state index in [2.05, 4.69) is 28.8 Å². The minimum absolute atomic E-state index is 0. The minimum atomic E-state index is -0.449. The van der Waals surface area contributed by atoms with Crippen LogP contribution in [0.3, 0.4) is 0 Å². The molecular formula is C18H30IN3OS. The third-order valence-corrected chi connectivity index (χ3v) is 5.27. The zero-order valence-corrected chi connectivity index (χ0v) is 17.7. The molecule has 1 aromatic rings. The summed E-state index contributed by atoms with van der Waals surface area (Å²) in [6, 6.07) is 10.6. The molecule has 3 N–H and O–H groups in total. The van der Waals surface area contributed by atoms with Gasteiger partial charge in [0, 0.05) is 24.3 Å². The molecule has 0 heterocycles. The molecule has 0 aliphatic heterocycles. The first-order valence-corrected chi connectivity index (χ1v) is 9.79. The van der Waals surface area contributed by atoms with Crippen LogP contribution in [0.25, 0.3) is 0 Å². The van der Waals surface area contributed by atoms with Gasteiger partial charge in [0.25, 0.3) is 0 Å². The topological polar surface area (TPSA) is 56.7 Å². The maximum Gasteiger partial charge on any atom is 0.191 e. The Balaban J connectivity index is 0.00000288. The fraction of sp³-hybridized carbons (Fsp3) is 0.611. The summed E-state index contributed by atoms with van der Waals surface area (Å²) < 4.78 is 0. The number of thioether (sulfide) groups is 1. The van der Waals surface area contributed by atoms with E-state index in [0.29, 0.717) is 19.0 Å². The van der Waals surface area contributed by atoms with Crippen molar-refractivity contribution in [2.75, 3.05) is 19.3 Å². The summed E-state index contributed by atoms with van der Waals surface area (Å²) in [6.45, 7) is 3.32. The first-order valence-electron chi connectivity index (χ1n) is 8.51. The summed E-state index contributed by atoms with van der Waals surface area (Å²) in [4.78, 5) is 4.56. The summed E-state index contributed by atoms with van der Waals surface area (Å²) in [6.07, 6.45) is 6.04. The number of hydrogen-bond acceptors (Lipinski definition) is 3. The zero-order chi connectivity index (χ0) is 16.5. The number of nitrogens with one attached hydrogen (secondary N) is 2. The average Bonchev–Trinajstić information content (AvgIpc) is 3.01. The average molecular weight is 463 g/mol.